The molecule has 0 aromatic carbocycles. The summed E-state index contributed by atoms with van der Waals surface area (Å²) in [6.45, 7) is 4.68. The molecular formula is C20H24ClN7. The smallest absolute Gasteiger partial charge is 0.225 e. The van der Waals surface area contributed by atoms with Crippen LogP contribution < -0.4 is 10.2 Å². The predicted molar refractivity (Wildman–Crippen MR) is 108 cm³/mol. The summed E-state index contributed by atoms with van der Waals surface area (Å²) in [5.74, 6) is 3.83. The van der Waals surface area contributed by atoms with E-state index in [4.69, 9.17) is 11.6 Å². The van der Waals surface area contributed by atoms with E-state index in [9.17, 15) is 5.26 Å². The first kappa shape index (κ1) is 18.9. The molecule has 3 heterocycles. The topological polar surface area (TPSA) is 90.6 Å². The lowest BCUT2D eigenvalue weighted by Crippen LogP contribution is -2.35. The van der Waals surface area contributed by atoms with E-state index >= 15 is 0 Å². The number of hydrogen-bond donors (Lipinski definition) is 1. The van der Waals surface area contributed by atoms with Crippen molar-refractivity contribution in [2.45, 2.75) is 32.6 Å². The summed E-state index contributed by atoms with van der Waals surface area (Å²) in [6.07, 6.45) is 9.88. The Morgan fingerprint density at radius 3 is 2.68 bits per heavy atom. The quantitative estimate of drug-likeness (QED) is 0.798. The SMILES string of the molecule is Cc1ncc(NCCC2CC2C2CCN(c3ncc(Cl)cn3)CC2)c(C#N)n1. The largest absolute Gasteiger partial charge is 0.381 e. The number of piperidine rings is 1. The molecule has 2 aromatic rings. The zero-order chi connectivity index (χ0) is 19.5. The lowest BCUT2D eigenvalue weighted by Gasteiger charge is -2.32. The number of aryl methyl sites for hydroxylation is 1. The minimum atomic E-state index is 0.427. The third-order valence-corrected chi connectivity index (χ3v) is 6.05. The summed E-state index contributed by atoms with van der Waals surface area (Å²) in [5.41, 5.74) is 1.17. The first-order valence-corrected chi connectivity index (χ1v) is 10.2. The van der Waals surface area contributed by atoms with Crippen molar-refractivity contribution in [3.63, 3.8) is 0 Å². The van der Waals surface area contributed by atoms with Crippen LogP contribution in [-0.4, -0.2) is 39.6 Å². The third kappa shape index (κ3) is 4.33. The summed E-state index contributed by atoms with van der Waals surface area (Å²) in [4.78, 5) is 19.3. The van der Waals surface area contributed by atoms with Gasteiger partial charge in [0.25, 0.3) is 0 Å². The van der Waals surface area contributed by atoms with Gasteiger partial charge in [-0.05, 0) is 50.4 Å². The van der Waals surface area contributed by atoms with Crippen molar-refractivity contribution in [2.24, 2.45) is 17.8 Å². The van der Waals surface area contributed by atoms with Gasteiger partial charge in [-0.1, -0.05) is 11.6 Å². The Balaban J connectivity index is 1.20. The van der Waals surface area contributed by atoms with Gasteiger partial charge in [-0.25, -0.2) is 19.9 Å². The van der Waals surface area contributed by atoms with Crippen LogP contribution in [0.1, 0.15) is 37.2 Å². The standard InChI is InChI=1S/C20H24ClN7/c1-13-24-12-19(18(9-22)27-13)23-5-2-15-8-17(15)14-3-6-28(7-4-14)20-25-10-16(21)11-26-20/h10-12,14-15,17,23H,2-8H2,1H3. The maximum absolute atomic E-state index is 9.19. The number of aromatic nitrogens is 4. The van der Waals surface area contributed by atoms with Crippen LogP contribution in [0.15, 0.2) is 18.6 Å². The van der Waals surface area contributed by atoms with E-state index in [0.717, 1.165) is 55.4 Å². The number of nitrogens with one attached hydrogen (secondary N) is 1. The molecule has 1 saturated heterocycles. The molecule has 0 spiro atoms. The second kappa shape index (κ2) is 8.27. The minimum Gasteiger partial charge on any atom is -0.381 e. The maximum Gasteiger partial charge on any atom is 0.225 e. The summed E-state index contributed by atoms with van der Waals surface area (Å²) < 4.78 is 0. The molecule has 2 atom stereocenters. The first-order chi connectivity index (χ1) is 13.6. The average Bonchev–Trinajstić information content (AvgIpc) is 3.49. The zero-order valence-electron chi connectivity index (χ0n) is 16.0. The lowest BCUT2D eigenvalue weighted by molar-refractivity contribution is 0.343. The molecule has 0 amide bonds. The van der Waals surface area contributed by atoms with Gasteiger partial charge in [0.2, 0.25) is 5.95 Å². The molecule has 2 aromatic heterocycles. The Labute approximate surface area is 170 Å². The summed E-state index contributed by atoms with van der Waals surface area (Å²) >= 11 is 5.87. The summed E-state index contributed by atoms with van der Waals surface area (Å²) in [7, 11) is 0. The van der Waals surface area contributed by atoms with Crippen molar-refractivity contribution in [1.82, 2.24) is 19.9 Å². The van der Waals surface area contributed by atoms with Crippen LogP contribution in [0.5, 0.6) is 0 Å². The van der Waals surface area contributed by atoms with Gasteiger partial charge in [0.15, 0.2) is 5.69 Å². The van der Waals surface area contributed by atoms with E-state index in [-0.39, 0.29) is 0 Å². The summed E-state index contributed by atoms with van der Waals surface area (Å²) in [5, 5.41) is 13.1. The Hall–Kier alpha value is -2.46. The molecule has 8 heteroatoms. The number of nitriles is 1. The van der Waals surface area contributed by atoms with E-state index in [2.05, 4.69) is 36.2 Å². The van der Waals surface area contributed by atoms with Crippen LogP contribution in [-0.2, 0) is 0 Å². The van der Waals surface area contributed by atoms with E-state index < -0.39 is 0 Å². The monoisotopic (exact) mass is 397 g/mol. The second-order valence-corrected chi connectivity index (χ2v) is 8.13. The molecule has 1 aliphatic carbocycles. The van der Waals surface area contributed by atoms with Gasteiger partial charge in [0.1, 0.15) is 11.9 Å². The predicted octanol–water partition coefficient (Wildman–Crippen LogP) is 3.45. The molecule has 0 radical (unpaired) electrons. The van der Waals surface area contributed by atoms with E-state index in [0.29, 0.717) is 16.5 Å². The average molecular weight is 398 g/mol. The highest BCUT2D eigenvalue weighted by Gasteiger charge is 2.43. The van der Waals surface area contributed by atoms with Gasteiger partial charge in [-0.3, -0.25) is 0 Å². The number of nitrogens with zero attached hydrogens (tertiary/aromatic N) is 6. The van der Waals surface area contributed by atoms with Gasteiger partial charge in [0, 0.05) is 19.6 Å². The molecule has 0 bridgehead atoms. The van der Waals surface area contributed by atoms with Crippen molar-refractivity contribution in [3.8, 4) is 6.07 Å². The lowest BCUT2D eigenvalue weighted by atomic mass is 9.90. The molecule has 2 fully saturated rings. The van der Waals surface area contributed by atoms with Gasteiger partial charge in [-0.2, -0.15) is 5.26 Å². The summed E-state index contributed by atoms with van der Waals surface area (Å²) in [6, 6.07) is 2.14. The molecule has 7 nitrogen and oxygen atoms in total. The first-order valence-electron chi connectivity index (χ1n) is 9.84. The van der Waals surface area contributed by atoms with Crippen LogP contribution in [0.4, 0.5) is 11.6 Å². The fourth-order valence-corrected chi connectivity index (χ4v) is 4.35. The van der Waals surface area contributed by atoms with Crippen molar-refractivity contribution in [1.29, 1.82) is 5.26 Å². The van der Waals surface area contributed by atoms with Crippen molar-refractivity contribution in [3.05, 3.63) is 35.1 Å². The second-order valence-electron chi connectivity index (χ2n) is 7.69. The molecule has 2 unspecified atom stereocenters. The molecule has 1 saturated carbocycles. The fourth-order valence-electron chi connectivity index (χ4n) is 4.25. The highest BCUT2D eigenvalue weighted by Crippen LogP contribution is 2.49. The highest BCUT2D eigenvalue weighted by atomic mass is 35.5. The number of rotatable bonds is 6. The molecule has 146 valence electrons. The third-order valence-electron chi connectivity index (χ3n) is 5.86. The van der Waals surface area contributed by atoms with E-state index in [1.54, 1.807) is 25.5 Å². The van der Waals surface area contributed by atoms with Gasteiger partial charge in [0.05, 0.1) is 29.3 Å². The van der Waals surface area contributed by atoms with Crippen molar-refractivity contribution in [2.75, 3.05) is 29.9 Å². The van der Waals surface area contributed by atoms with Crippen LogP contribution in [0.3, 0.4) is 0 Å². The molecule has 1 N–H and O–H groups in total. The highest BCUT2D eigenvalue weighted by molar-refractivity contribution is 6.30. The number of halogens is 1. The molecule has 2 aliphatic rings. The normalized spacial score (nSPS) is 22.0. The number of anilines is 2. The van der Waals surface area contributed by atoms with Crippen LogP contribution in [0, 0.1) is 36.0 Å². The van der Waals surface area contributed by atoms with Gasteiger partial charge < -0.3 is 10.2 Å². The number of hydrogen-bond acceptors (Lipinski definition) is 7. The Bertz CT molecular complexity index is 856. The van der Waals surface area contributed by atoms with E-state index in [1.807, 2.05) is 0 Å². The van der Waals surface area contributed by atoms with Crippen molar-refractivity contribution < 1.29 is 0 Å². The van der Waals surface area contributed by atoms with Crippen LogP contribution in [0.25, 0.3) is 0 Å². The molecular weight excluding hydrogens is 374 g/mol. The Morgan fingerprint density at radius 1 is 1.21 bits per heavy atom. The Morgan fingerprint density at radius 2 is 1.96 bits per heavy atom. The maximum atomic E-state index is 9.19. The minimum absolute atomic E-state index is 0.427. The van der Waals surface area contributed by atoms with Crippen molar-refractivity contribution >= 4 is 23.2 Å². The van der Waals surface area contributed by atoms with E-state index in [1.165, 1.54) is 19.3 Å². The fraction of sp³-hybridized carbons (Fsp3) is 0.550. The Kier molecular flexibility index (Phi) is 5.58. The molecule has 1 aliphatic heterocycles. The van der Waals surface area contributed by atoms with Gasteiger partial charge in [-0.15, -0.1) is 0 Å². The molecule has 28 heavy (non-hydrogen) atoms. The van der Waals surface area contributed by atoms with Crippen LogP contribution in [0.2, 0.25) is 5.02 Å². The zero-order valence-corrected chi connectivity index (χ0v) is 16.7. The molecule has 4 rings (SSSR count). The van der Waals surface area contributed by atoms with Crippen LogP contribution >= 0.6 is 11.6 Å². The van der Waals surface area contributed by atoms with Gasteiger partial charge >= 0.3 is 0 Å².